The summed E-state index contributed by atoms with van der Waals surface area (Å²) in [6.07, 6.45) is 0. The normalized spacial score (nSPS) is 9.30. The van der Waals surface area contributed by atoms with E-state index in [9.17, 15) is 14.5 Å². The molecule has 0 aromatic heterocycles. The van der Waals surface area contributed by atoms with E-state index in [1.54, 1.807) is 0 Å². The van der Waals surface area contributed by atoms with Crippen molar-refractivity contribution >= 4 is 5.69 Å². The summed E-state index contributed by atoms with van der Waals surface area (Å²) >= 11 is 0. The average Bonchev–Trinajstić information content (AvgIpc) is 1.88. The average molecular weight is 140 g/mol. The van der Waals surface area contributed by atoms with Gasteiger partial charge < -0.3 is 0 Å². The minimum atomic E-state index is -0.924. The van der Waals surface area contributed by atoms with Crippen LogP contribution in [0.4, 0.5) is 10.1 Å². The molecule has 0 saturated carbocycles. The van der Waals surface area contributed by atoms with Crippen LogP contribution in [0.2, 0.25) is 0 Å². The van der Waals surface area contributed by atoms with Crippen LogP contribution >= 0.6 is 0 Å². The molecule has 0 spiro atoms. The largest absolute Gasteiger partial charge is 0.305 e. The first-order valence-electron chi connectivity index (χ1n) is 2.52. The van der Waals surface area contributed by atoms with Crippen LogP contribution in [0.25, 0.3) is 0 Å². The minimum Gasteiger partial charge on any atom is -0.258 e. The zero-order chi connectivity index (χ0) is 7.56. The molecule has 3 nitrogen and oxygen atoms in total. The Labute approximate surface area is 56.2 Å². The third kappa shape index (κ3) is 1.10. The van der Waals surface area contributed by atoms with Gasteiger partial charge in [0, 0.05) is 12.1 Å². The molecule has 51 valence electrons. The molecule has 1 radical (unpaired) electrons. The van der Waals surface area contributed by atoms with Crippen LogP contribution in [-0.2, 0) is 0 Å². The van der Waals surface area contributed by atoms with Crippen molar-refractivity contribution in [3.8, 4) is 0 Å². The molecule has 4 heteroatoms. The van der Waals surface area contributed by atoms with Crippen LogP contribution in [0.15, 0.2) is 18.2 Å². The van der Waals surface area contributed by atoms with E-state index in [4.69, 9.17) is 0 Å². The third-order valence-corrected chi connectivity index (χ3v) is 0.982. The van der Waals surface area contributed by atoms with Crippen LogP contribution < -0.4 is 0 Å². The van der Waals surface area contributed by atoms with Gasteiger partial charge in [-0.2, -0.15) is 4.39 Å². The maximum absolute atomic E-state index is 12.3. The Morgan fingerprint density at radius 1 is 1.70 bits per heavy atom. The molecule has 0 unspecified atom stereocenters. The molecule has 0 aliphatic heterocycles. The van der Waals surface area contributed by atoms with Gasteiger partial charge in [0.2, 0.25) is 5.82 Å². The zero-order valence-corrected chi connectivity index (χ0v) is 4.87. The van der Waals surface area contributed by atoms with Gasteiger partial charge in [0.05, 0.1) is 4.92 Å². The fourth-order valence-electron chi connectivity index (χ4n) is 0.549. The lowest BCUT2D eigenvalue weighted by Crippen LogP contribution is -1.90. The predicted octanol–water partition coefficient (Wildman–Crippen LogP) is 1.53. The molecule has 0 heterocycles. The lowest BCUT2D eigenvalue weighted by atomic mass is 10.3. The predicted molar refractivity (Wildman–Crippen MR) is 31.9 cm³/mol. The van der Waals surface area contributed by atoms with Crippen molar-refractivity contribution < 1.29 is 9.31 Å². The van der Waals surface area contributed by atoms with Crippen molar-refractivity contribution in [1.29, 1.82) is 0 Å². The van der Waals surface area contributed by atoms with E-state index < -0.39 is 16.4 Å². The zero-order valence-electron chi connectivity index (χ0n) is 4.87. The molecule has 0 aliphatic carbocycles. The molecule has 1 aromatic carbocycles. The fourth-order valence-corrected chi connectivity index (χ4v) is 0.549. The van der Waals surface area contributed by atoms with Gasteiger partial charge in [-0.25, -0.2) is 0 Å². The monoisotopic (exact) mass is 140 g/mol. The summed E-state index contributed by atoms with van der Waals surface area (Å²) in [6, 6.07) is 5.80. The van der Waals surface area contributed by atoms with E-state index in [2.05, 4.69) is 6.07 Å². The topological polar surface area (TPSA) is 43.1 Å². The second-order valence-corrected chi connectivity index (χ2v) is 1.63. The Kier molecular flexibility index (Phi) is 1.62. The van der Waals surface area contributed by atoms with Gasteiger partial charge in [0.1, 0.15) is 0 Å². The van der Waals surface area contributed by atoms with E-state index in [1.165, 1.54) is 12.1 Å². The summed E-state index contributed by atoms with van der Waals surface area (Å²) in [6.45, 7) is 0. The molecule has 0 saturated heterocycles. The first kappa shape index (κ1) is 6.67. The summed E-state index contributed by atoms with van der Waals surface area (Å²) < 4.78 is 12.3. The van der Waals surface area contributed by atoms with Gasteiger partial charge in [0.25, 0.3) is 0 Å². The molecule has 0 aliphatic rings. The van der Waals surface area contributed by atoms with Crippen molar-refractivity contribution in [2.45, 2.75) is 0 Å². The van der Waals surface area contributed by atoms with Gasteiger partial charge in [-0.15, -0.1) is 0 Å². The highest BCUT2D eigenvalue weighted by Crippen LogP contribution is 2.13. The highest BCUT2D eigenvalue weighted by Gasteiger charge is 2.10. The Morgan fingerprint density at radius 2 is 2.40 bits per heavy atom. The molecule has 0 N–H and O–H groups in total. The minimum absolute atomic E-state index is 0.539. The fraction of sp³-hybridized carbons (Fsp3) is 0. The molecule has 10 heavy (non-hydrogen) atoms. The van der Waals surface area contributed by atoms with Gasteiger partial charge in [-0.05, 0) is 0 Å². The van der Waals surface area contributed by atoms with Crippen LogP contribution in [0.5, 0.6) is 0 Å². The van der Waals surface area contributed by atoms with Crippen molar-refractivity contribution in [1.82, 2.24) is 0 Å². The summed E-state index contributed by atoms with van der Waals surface area (Å²) in [4.78, 5) is 9.18. The maximum Gasteiger partial charge on any atom is 0.305 e. The van der Waals surface area contributed by atoms with Crippen molar-refractivity contribution in [2.24, 2.45) is 0 Å². The van der Waals surface area contributed by atoms with E-state index in [0.717, 1.165) is 6.07 Å². The standard InChI is InChI=1S/C6H3FNO2/c7-5-3-1-2-4-6(5)8(9)10/h1-2,4H. The highest BCUT2D eigenvalue weighted by molar-refractivity contribution is 5.29. The third-order valence-electron chi connectivity index (χ3n) is 0.982. The lowest BCUT2D eigenvalue weighted by molar-refractivity contribution is -0.387. The van der Waals surface area contributed by atoms with Crippen molar-refractivity contribution in [3.63, 3.8) is 0 Å². The number of hydrogen-bond donors (Lipinski definition) is 0. The van der Waals surface area contributed by atoms with E-state index in [0.29, 0.717) is 0 Å². The smallest absolute Gasteiger partial charge is 0.258 e. The van der Waals surface area contributed by atoms with Crippen molar-refractivity contribution in [3.05, 3.63) is 40.2 Å². The number of rotatable bonds is 1. The lowest BCUT2D eigenvalue weighted by Gasteiger charge is -1.88. The molecule has 0 amide bonds. The van der Waals surface area contributed by atoms with E-state index >= 15 is 0 Å². The number of nitro groups is 1. The molecule has 0 atom stereocenters. The number of nitro benzene ring substituents is 1. The molecule has 1 rings (SSSR count). The van der Waals surface area contributed by atoms with Crippen LogP contribution in [0.3, 0.4) is 0 Å². The Hall–Kier alpha value is -1.45. The van der Waals surface area contributed by atoms with Gasteiger partial charge in [0.15, 0.2) is 0 Å². The quantitative estimate of drug-likeness (QED) is 0.438. The van der Waals surface area contributed by atoms with Gasteiger partial charge >= 0.3 is 5.69 Å². The summed E-state index contributed by atoms with van der Waals surface area (Å²) in [5.74, 6) is -0.924. The van der Waals surface area contributed by atoms with Crippen LogP contribution in [0, 0.1) is 22.0 Å². The van der Waals surface area contributed by atoms with Crippen molar-refractivity contribution in [2.75, 3.05) is 0 Å². The molecule has 1 aromatic rings. The molecule has 0 fully saturated rings. The van der Waals surface area contributed by atoms with Gasteiger partial charge in [-0.3, -0.25) is 10.1 Å². The summed E-state index contributed by atoms with van der Waals surface area (Å²) in [5.41, 5.74) is -0.539. The molecular weight excluding hydrogens is 137 g/mol. The van der Waals surface area contributed by atoms with Gasteiger partial charge in [-0.1, -0.05) is 12.1 Å². The first-order valence-corrected chi connectivity index (χ1v) is 2.52. The number of hydrogen-bond acceptors (Lipinski definition) is 2. The summed E-state index contributed by atoms with van der Waals surface area (Å²) in [5, 5.41) is 9.97. The Bertz CT molecular complexity index is 262. The number of nitrogens with zero attached hydrogens (tertiary/aromatic N) is 1. The Morgan fingerprint density at radius 3 is 2.80 bits per heavy atom. The molecule has 0 bridgehead atoms. The molecular formula is C6H3FNO2. The second-order valence-electron chi connectivity index (χ2n) is 1.63. The van der Waals surface area contributed by atoms with E-state index in [-0.39, 0.29) is 0 Å². The Balaban J connectivity index is 3.15. The summed E-state index contributed by atoms with van der Waals surface area (Å²) in [7, 11) is 0. The van der Waals surface area contributed by atoms with E-state index in [1.807, 2.05) is 0 Å². The maximum atomic E-state index is 12.3. The van der Waals surface area contributed by atoms with Crippen LogP contribution in [0.1, 0.15) is 0 Å². The van der Waals surface area contributed by atoms with Crippen LogP contribution in [-0.4, -0.2) is 4.92 Å². The first-order chi connectivity index (χ1) is 4.72. The highest BCUT2D eigenvalue weighted by atomic mass is 19.1. The SMILES string of the molecule is O=[N+]([O-])c1ccc[c]c1F. The second kappa shape index (κ2) is 2.43. The number of halogens is 1. The number of benzene rings is 1.